The van der Waals surface area contributed by atoms with Crippen molar-refractivity contribution in [2.75, 3.05) is 13.2 Å². The third-order valence-corrected chi connectivity index (χ3v) is 4.45. The van der Waals surface area contributed by atoms with E-state index < -0.39 is 5.97 Å². The van der Waals surface area contributed by atoms with Crippen molar-refractivity contribution >= 4 is 11.8 Å². The molecular formula is C18H22N2O5. The zero-order chi connectivity index (χ0) is 18.0. The van der Waals surface area contributed by atoms with Gasteiger partial charge in [-0.15, -0.1) is 0 Å². The number of ketones is 1. The lowest BCUT2D eigenvalue weighted by Crippen LogP contribution is -2.18. The summed E-state index contributed by atoms with van der Waals surface area (Å²) in [5.41, 5.74) is 3.01. The Morgan fingerprint density at radius 3 is 2.76 bits per heavy atom. The van der Waals surface area contributed by atoms with Gasteiger partial charge in [0.2, 0.25) is 11.5 Å². The molecule has 0 aliphatic carbocycles. The number of hydrogen-bond acceptors (Lipinski definition) is 6. The first-order chi connectivity index (χ1) is 12.0. The molecule has 1 atom stereocenters. The van der Waals surface area contributed by atoms with Crippen LogP contribution < -0.4 is 0 Å². The van der Waals surface area contributed by atoms with E-state index in [9.17, 15) is 9.59 Å². The predicted molar refractivity (Wildman–Crippen MR) is 88.7 cm³/mol. The topological polar surface area (TPSA) is 83.6 Å². The summed E-state index contributed by atoms with van der Waals surface area (Å²) in [6.07, 6.45) is 2.31. The molecule has 1 unspecified atom stereocenters. The van der Waals surface area contributed by atoms with Gasteiger partial charge in [-0.2, -0.15) is 0 Å². The first-order valence-corrected chi connectivity index (χ1v) is 8.37. The highest BCUT2D eigenvalue weighted by atomic mass is 16.6. The molecule has 0 amide bonds. The molecule has 0 spiro atoms. The van der Waals surface area contributed by atoms with E-state index in [0.717, 1.165) is 37.4 Å². The van der Waals surface area contributed by atoms with Gasteiger partial charge in [0.1, 0.15) is 0 Å². The summed E-state index contributed by atoms with van der Waals surface area (Å²) in [5, 5.41) is 3.62. The molecule has 2 aromatic heterocycles. The van der Waals surface area contributed by atoms with Crippen LogP contribution in [0.15, 0.2) is 16.7 Å². The minimum absolute atomic E-state index is 0.00541. The quantitative estimate of drug-likeness (QED) is 0.590. The number of nitrogens with zero attached hydrogens (tertiary/aromatic N) is 2. The zero-order valence-electron chi connectivity index (χ0n) is 14.7. The van der Waals surface area contributed by atoms with Crippen LogP contribution in [0.2, 0.25) is 0 Å². The fourth-order valence-electron chi connectivity index (χ4n) is 3.10. The molecule has 1 saturated heterocycles. The molecule has 1 aliphatic rings. The molecule has 0 saturated carbocycles. The molecule has 7 nitrogen and oxygen atoms in total. The molecule has 1 aliphatic heterocycles. The van der Waals surface area contributed by atoms with Crippen LogP contribution in [-0.2, 0) is 16.0 Å². The second-order valence-electron chi connectivity index (χ2n) is 6.36. The highest BCUT2D eigenvalue weighted by molar-refractivity contribution is 6.00. The Kier molecular flexibility index (Phi) is 5.03. The maximum Gasteiger partial charge on any atom is 0.377 e. The summed E-state index contributed by atoms with van der Waals surface area (Å²) in [5.74, 6) is -0.937. The molecule has 7 heteroatoms. The van der Waals surface area contributed by atoms with Gasteiger partial charge in [-0.1, -0.05) is 5.16 Å². The number of hydrogen-bond donors (Lipinski definition) is 0. The van der Waals surface area contributed by atoms with E-state index in [-0.39, 0.29) is 24.3 Å². The van der Waals surface area contributed by atoms with Crippen LogP contribution in [-0.4, -0.2) is 40.8 Å². The average Bonchev–Trinajstić information content (AvgIpc) is 3.30. The number of carbonyl (C=O) groups excluding carboxylic acids is 2. The van der Waals surface area contributed by atoms with Crippen LogP contribution in [0.5, 0.6) is 0 Å². The van der Waals surface area contributed by atoms with Gasteiger partial charge in [-0.05, 0) is 39.7 Å². The number of carbonyl (C=O) groups is 2. The Hall–Kier alpha value is -2.41. The Morgan fingerprint density at radius 2 is 2.12 bits per heavy atom. The lowest BCUT2D eigenvalue weighted by atomic mass is 10.1. The van der Waals surface area contributed by atoms with Crippen molar-refractivity contribution in [1.82, 2.24) is 9.72 Å². The molecule has 25 heavy (non-hydrogen) atoms. The Balaban J connectivity index is 1.64. The van der Waals surface area contributed by atoms with Crippen LogP contribution in [0.3, 0.4) is 0 Å². The van der Waals surface area contributed by atoms with Crippen molar-refractivity contribution in [3.05, 3.63) is 40.5 Å². The Labute approximate surface area is 145 Å². The van der Waals surface area contributed by atoms with Gasteiger partial charge in [-0.3, -0.25) is 4.79 Å². The Morgan fingerprint density at radius 1 is 1.32 bits per heavy atom. The minimum atomic E-state index is -0.692. The third-order valence-electron chi connectivity index (χ3n) is 4.45. The van der Waals surface area contributed by atoms with Crippen LogP contribution in [0, 0.1) is 20.8 Å². The Bertz CT molecular complexity index is 783. The number of aromatic nitrogens is 2. The van der Waals surface area contributed by atoms with Crippen molar-refractivity contribution in [2.24, 2.45) is 0 Å². The molecule has 134 valence electrons. The van der Waals surface area contributed by atoms with E-state index in [1.807, 2.05) is 19.9 Å². The van der Waals surface area contributed by atoms with Crippen molar-refractivity contribution in [1.29, 1.82) is 0 Å². The van der Waals surface area contributed by atoms with Crippen LogP contribution in [0.4, 0.5) is 0 Å². The molecule has 3 heterocycles. The SMILES string of the molecule is Cc1cc(C(=O)OCC(=O)c2cc(C)n(CC3CCCO3)c2C)on1. The molecular weight excluding hydrogens is 324 g/mol. The minimum Gasteiger partial charge on any atom is -0.451 e. The second kappa shape index (κ2) is 7.23. The lowest BCUT2D eigenvalue weighted by Gasteiger charge is -2.14. The van der Waals surface area contributed by atoms with Crippen molar-refractivity contribution in [3.63, 3.8) is 0 Å². The van der Waals surface area contributed by atoms with Crippen molar-refractivity contribution in [2.45, 2.75) is 46.3 Å². The van der Waals surface area contributed by atoms with Gasteiger partial charge in [-0.25, -0.2) is 4.79 Å². The van der Waals surface area contributed by atoms with Gasteiger partial charge >= 0.3 is 5.97 Å². The van der Waals surface area contributed by atoms with Gasteiger partial charge in [0, 0.05) is 36.2 Å². The van der Waals surface area contributed by atoms with Crippen LogP contribution >= 0.6 is 0 Å². The summed E-state index contributed by atoms with van der Waals surface area (Å²) in [6, 6.07) is 3.30. The van der Waals surface area contributed by atoms with Gasteiger partial charge in [0.15, 0.2) is 6.61 Å². The van der Waals surface area contributed by atoms with Gasteiger partial charge in [0.25, 0.3) is 0 Å². The maximum absolute atomic E-state index is 12.4. The third kappa shape index (κ3) is 3.82. The van der Waals surface area contributed by atoms with E-state index in [0.29, 0.717) is 11.3 Å². The van der Waals surface area contributed by atoms with E-state index in [2.05, 4.69) is 9.72 Å². The molecule has 1 fully saturated rings. The fraction of sp³-hybridized carbons (Fsp3) is 0.500. The molecule has 0 aromatic carbocycles. The van der Waals surface area contributed by atoms with E-state index in [4.69, 9.17) is 14.0 Å². The normalized spacial score (nSPS) is 17.0. The summed E-state index contributed by atoms with van der Waals surface area (Å²) in [7, 11) is 0. The molecule has 0 radical (unpaired) electrons. The van der Waals surface area contributed by atoms with Crippen LogP contribution in [0.25, 0.3) is 0 Å². The van der Waals surface area contributed by atoms with E-state index in [1.165, 1.54) is 6.07 Å². The zero-order valence-corrected chi connectivity index (χ0v) is 14.7. The standard InChI is InChI=1S/C18H22N2O5/c1-11-7-17(25-19-11)18(22)24-10-16(21)15-8-12(2)20(13(15)3)9-14-5-4-6-23-14/h7-8,14H,4-6,9-10H2,1-3H3. The highest BCUT2D eigenvalue weighted by Crippen LogP contribution is 2.21. The number of aryl methyl sites for hydroxylation is 2. The van der Waals surface area contributed by atoms with Gasteiger partial charge < -0.3 is 18.6 Å². The number of Topliss-reactive ketones (excluding diaryl/α,β-unsaturated/α-hetero) is 1. The smallest absolute Gasteiger partial charge is 0.377 e. The van der Waals surface area contributed by atoms with E-state index in [1.54, 1.807) is 6.92 Å². The maximum atomic E-state index is 12.4. The monoisotopic (exact) mass is 346 g/mol. The summed E-state index contributed by atoms with van der Waals surface area (Å²) >= 11 is 0. The first-order valence-electron chi connectivity index (χ1n) is 8.37. The summed E-state index contributed by atoms with van der Waals surface area (Å²) < 4.78 is 17.6. The number of rotatable bonds is 6. The molecule has 0 bridgehead atoms. The van der Waals surface area contributed by atoms with Crippen LogP contribution in [0.1, 0.15) is 50.8 Å². The second-order valence-corrected chi connectivity index (χ2v) is 6.36. The lowest BCUT2D eigenvalue weighted by molar-refractivity contribution is 0.0435. The number of ether oxygens (including phenoxy) is 2. The van der Waals surface area contributed by atoms with E-state index >= 15 is 0 Å². The number of esters is 1. The molecule has 3 rings (SSSR count). The molecule has 0 N–H and O–H groups in total. The van der Waals surface area contributed by atoms with Crippen molar-refractivity contribution < 1.29 is 23.6 Å². The highest BCUT2D eigenvalue weighted by Gasteiger charge is 2.22. The predicted octanol–water partition coefficient (Wildman–Crippen LogP) is 2.62. The van der Waals surface area contributed by atoms with Gasteiger partial charge in [0.05, 0.1) is 11.8 Å². The fourth-order valence-corrected chi connectivity index (χ4v) is 3.10. The molecule has 2 aromatic rings. The van der Waals surface area contributed by atoms with Crippen molar-refractivity contribution in [3.8, 4) is 0 Å². The average molecular weight is 346 g/mol. The summed E-state index contributed by atoms with van der Waals surface area (Å²) in [6.45, 7) is 6.77. The largest absolute Gasteiger partial charge is 0.451 e. The first kappa shape index (κ1) is 17.4. The summed E-state index contributed by atoms with van der Waals surface area (Å²) in [4.78, 5) is 24.3.